The van der Waals surface area contributed by atoms with Gasteiger partial charge in [0.25, 0.3) is 0 Å². The van der Waals surface area contributed by atoms with Crippen molar-refractivity contribution in [2.75, 3.05) is 11.4 Å². The van der Waals surface area contributed by atoms with Gasteiger partial charge in [-0.3, -0.25) is 0 Å². The molecule has 0 radical (unpaired) electrons. The molecule has 1 heterocycles. The molecule has 18 heavy (non-hydrogen) atoms. The SMILES string of the molecule is CC1CCCCN1c1cccc(Br)c1/C(N)=N/O. The number of nitrogens with two attached hydrogens (primary N) is 1. The van der Waals surface area contributed by atoms with Gasteiger partial charge in [0.05, 0.1) is 5.56 Å². The maximum atomic E-state index is 8.92. The third-order valence-electron chi connectivity index (χ3n) is 3.47. The van der Waals surface area contributed by atoms with E-state index in [0.717, 1.165) is 22.3 Å². The Kier molecular flexibility index (Phi) is 4.11. The lowest BCUT2D eigenvalue weighted by atomic mass is 10.0. The summed E-state index contributed by atoms with van der Waals surface area (Å²) < 4.78 is 0.855. The van der Waals surface area contributed by atoms with Gasteiger partial charge in [-0.2, -0.15) is 0 Å². The van der Waals surface area contributed by atoms with Crippen molar-refractivity contribution in [1.29, 1.82) is 0 Å². The van der Waals surface area contributed by atoms with Crippen LogP contribution in [0.4, 0.5) is 5.69 Å². The summed E-state index contributed by atoms with van der Waals surface area (Å²) >= 11 is 3.48. The van der Waals surface area contributed by atoms with Gasteiger partial charge in [-0.05, 0) is 54.2 Å². The van der Waals surface area contributed by atoms with E-state index in [4.69, 9.17) is 10.9 Å². The molecule has 0 aliphatic carbocycles. The van der Waals surface area contributed by atoms with Crippen LogP contribution in [0.3, 0.4) is 0 Å². The number of anilines is 1. The number of rotatable bonds is 2. The first-order valence-electron chi connectivity index (χ1n) is 6.18. The molecule has 1 fully saturated rings. The molecule has 5 heteroatoms. The van der Waals surface area contributed by atoms with E-state index in [2.05, 4.69) is 32.9 Å². The highest BCUT2D eigenvalue weighted by atomic mass is 79.9. The van der Waals surface area contributed by atoms with Crippen LogP contribution in [-0.2, 0) is 0 Å². The molecule has 3 N–H and O–H groups in total. The smallest absolute Gasteiger partial charge is 0.173 e. The van der Waals surface area contributed by atoms with Gasteiger partial charge in [-0.25, -0.2) is 0 Å². The quantitative estimate of drug-likeness (QED) is 0.382. The maximum Gasteiger partial charge on any atom is 0.173 e. The van der Waals surface area contributed by atoms with Crippen molar-refractivity contribution >= 4 is 27.5 Å². The molecule has 0 amide bonds. The van der Waals surface area contributed by atoms with Crippen molar-refractivity contribution in [1.82, 2.24) is 0 Å². The lowest BCUT2D eigenvalue weighted by Crippen LogP contribution is -2.38. The van der Waals surface area contributed by atoms with E-state index in [9.17, 15) is 0 Å². The minimum Gasteiger partial charge on any atom is -0.409 e. The Morgan fingerprint density at radius 3 is 2.94 bits per heavy atom. The highest BCUT2D eigenvalue weighted by Crippen LogP contribution is 2.32. The van der Waals surface area contributed by atoms with Crippen LogP contribution >= 0.6 is 15.9 Å². The summed E-state index contributed by atoms with van der Waals surface area (Å²) in [5.41, 5.74) is 7.60. The van der Waals surface area contributed by atoms with E-state index in [1.165, 1.54) is 19.3 Å². The molecule has 1 aromatic rings. The molecule has 0 spiro atoms. The van der Waals surface area contributed by atoms with Gasteiger partial charge >= 0.3 is 0 Å². The van der Waals surface area contributed by atoms with Gasteiger partial charge in [0.15, 0.2) is 5.84 Å². The predicted molar refractivity (Wildman–Crippen MR) is 77.3 cm³/mol. The summed E-state index contributed by atoms with van der Waals surface area (Å²) in [6.07, 6.45) is 3.64. The van der Waals surface area contributed by atoms with E-state index in [-0.39, 0.29) is 5.84 Å². The van der Waals surface area contributed by atoms with Crippen molar-refractivity contribution in [3.05, 3.63) is 28.2 Å². The Balaban J connectivity index is 2.46. The summed E-state index contributed by atoms with van der Waals surface area (Å²) in [5.74, 6) is 0.148. The predicted octanol–water partition coefficient (Wildman–Crippen LogP) is 2.92. The van der Waals surface area contributed by atoms with E-state index < -0.39 is 0 Å². The number of amidine groups is 1. The average molecular weight is 312 g/mol. The first-order chi connectivity index (χ1) is 8.65. The van der Waals surface area contributed by atoms with Crippen LogP contribution in [0.1, 0.15) is 31.7 Å². The number of hydrogen-bond acceptors (Lipinski definition) is 3. The van der Waals surface area contributed by atoms with Crippen LogP contribution in [-0.4, -0.2) is 23.6 Å². The molecule has 0 saturated carbocycles. The van der Waals surface area contributed by atoms with Crippen LogP contribution in [0.25, 0.3) is 0 Å². The number of piperidine rings is 1. The molecule has 0 bridgehead atoms. The number of nitrogens with zero attached hydrogens (tertiary/aromatic N) is 2. The van der Waals surface area contributed by atoms with Crippen LogP contribution < -0.4 is 10.6 Å². The highest BCUT2D eigenvalue weighted by Gasteiger charge is 2.23. The van der Waals surface area contributed by atoms with Crippen LogP contribution in [0.2, 0.25) is 0 Å². The molecule has 2 rings (SSSR count). The summed E-state index contributed by atoms with van der Waals surface area (Å²) in [6.45, 7) is 3.24. The zero-order valence-corrected chi connectivity index (χ0v) is 12.0. The first kappa shape index (κ1) is 13.2. The minimum absolute atomic E-state index is 0.148. The Bertz CT molecular complexity index is 462. The fraction of sp³-hybridized carbons (Fsp3) is 0.462. The molecule has 1 saturated heterocycles. The topological polar surface area (TPSA) is 61.8 Å². The zero-order chi connectivity index (χ0) is 13.1. The van der Waals surface area contributed by atoms with Crippen molar-refractivity contribution in [3.63, 3.8) is 0 Å². The third kappa shape index (κ3) is 2.46. The monoisotopic (exact) mass is 311 g/mol. The molecule has 1 aliphatic rings. The minimum atomic E-state index is 0.148. The lowest BCUT2D eigenvalue weighted by molar-refractivity contribution is 0.318. The van der Waals surface area contributed by atoms with Gasteiger partial charge in [-0.1, -0.05) is 11.2 Å². The van der Waals surface area contributed by atoms with Crippen molar-refractivity contribution < 1.29 is 5.21 Å². The second-order valence-electron chi connectivity index (χ2n) is 4.66. The fourth-order valence-electron chi connectivity index (χ4n) is 2.51. The van der Waals surface area contributed by atoms with E-state index in [1.807, 2.05) is 18.2 Å². The van der Waals surface area contributed by atoms with Gasteiger partial charge in [0.2, 0.25) is 0 Å². The van der Waals surface area contributed by atoms with E-state index in [0.29, 0.717) is 6.04 Å². The van der Waals surface area contributed by atoms with Gasteiger partial charge in [-0.15, -0.1) is 0 Å². The largest absolute Gasteiger partial charge is 0.409 e. The normalized spacial score (nSPS) is 21.1. The number of benzene rings is 1. The third-order valence-corrected chi connectivity index (χ3v) is 4.13. The summed E-state index contributed by atoms with van der Waals surface area (Å²) in [4.78, 5) is 2.33. The second-order valence-corrected chi connectivity index (χ2v) is 5.51. The van der Waals surface area contributed by atoms with Crippen molar-refractivity contribution in [2.24, 2.45) is 10.9 Å². The van der Waals surface area contributed by atoms with E-state index >= 15 is 0 Å². The molecule has 1 unspecified atom stereocenters. The lowest BCUT2D eigenvalue weighted by Gasteiger charge is -2.36. The highest BCUT2D eigenvalue weighted by molar-refractivity contribution is 9.10. The molecule has 4 nitrogen and oxygen atoms in total. The Morgan fingerprint density at radius 2 is 2.28 bits per heavy atom. The number of oxime groups is 1. The summed E-state index contributed by atoms with van der Waals surface area (Å²) in [5, 5.41) is 12.1. The van der Waals surface area contributed by atoms with Crippen molar-refractivity contribution in [2.45, 2.75) is 32.2 Å². The van der Waals surface area contributed by atoms with Crippen LogP contribution in [0.15, 0.2) is 27.8 Å². The average Bonchev–Trinajstić information content (AvgIpc) is 2.38. The number of halogens is 1. The fourth-order valence-corrected chi connectivity index (χ4v) is 3.07. The Morgan fingerprint density at radius 1 is 1.50 bits per heavy atom. The Hall–Kier alpha value is -1.23. The molecule has 0 aromatic heterocycles. The molecule has 1 atom stereocenters. The zero-order valence-electron chi connectivity index (χ0n) is 10.4. The van der Waals surface area contributed by atoms with Gasteiger partial charge < -0.3 is 15.8 Å². The molecule has 1 aliphatic heterocycles. The molecule has 1 aromatic carbocycles. The summed E-state index contributed by atoms with van der Waals surface area (Å²) in [6, 6.07) is 6.40. The molecular weight excluding hydrogens is 294 g/mol. The maximum absolute atomic E-state index is 8.92. The van der Waals surface area contributed by atoms with Crippen molar-refractivity contribution in [3.8, 4) is 0 Å². The standard InChI is InChI=1S/C13H18BrN3O/c1-9-5-2-3-8-17(9)11-7-4-6-10(14)12(11)13(15)16-18/h4,6-7,9,18H,2-3,5,8H2,1H3,(H2,15,16). The first-order valence-corrected chi connectivity index (χ1v) is 6.97. The van der Waals surface area contributed by atoms with E-state index in [1.54, 1.807) is 0 Å². The van der Waals surface area contributed by atoms with Gasteiger partial charge in [0.1, 0.15) is 0 Å². The molecular formula is C13H18BrN3O. The second kappa shape index (κ2) is 5.61. The van der Waals surface area contributed by atoms with Crippen LogP contribution in [0, 0.1) is 0 Å². The number of hydrogen-bond donors (Lipinski definition) is 2. The Labute approximate surface area is 116 Å². The summed E-state index contributed by atoms with van der Waals surface area (Å²) in [7, 11) is 0. The van der Waals surface area contributed by atoms with Crippen LogP contribution in [0.5, 0.6) is 0 Å². The van der Waals surface area contributed by atoms with Gasteiger partial charge in [0, 0.05) is 22.7 Å². The molecule has 98 valence electrons.